The number of nitrogens with zero attached hydrogens (tertiary/aromatic N) is 1. The number of phosphoric acid groups is 1. The van der Waals surface area contributed by atoms with E-state index in [0.29, 0.717) is 12.8 Å². The van der Waals surface area contributed by atoms with Gasteiger partial charge in [0.25, 0.3) is 5.56 Å². The van der Waals surface area contributed by atoms with Gasteiger partial charge in [0.05, 0.1) is 6.61 Å². The van der Waals surface area contributed by atoms with Gasteiger partial charge < -0.3 is 9.63 Å². The first-order valence-corrected chi connectivity index (χ1v) is 13.8. The van der Waals surface area contributed by atoms with Crippen LogP contribution < -0.4 is 11.2 Å². The number of aryl methyl sites for hydroxylation is 1. The van der Waals surface area contributed by atoms with Gasteiger partial charge in [-0.05, 0) is 19.8 Å². The molecule has 33 heavy (non-hydrogen) atoms. The van der Waals surface area contributed by atoms with E-state index in [1.165, 1.54) is 13.1 Å². The lowest BCUT2D eigenvalue weighted by Gasteiger charge is -2.21. The topological polar surface area (TPSA) is 179 Å². The number of unbranched alkanes of at least 4 members (excludes halogenated alkanes) is 2. The first-order valence-electron chi connectivity index (χ1n) is 10.7. The lowest BCUT2D eigenvalue weighted by atomic mass is 10.2. The maximum absolute atomic E-state index is 12.4. The van der Waals surface area contributed by atoms with E-state index in [1.807, 2.05) is 13.8 Å². The van der Waals surface area contributed by atoms with E-state index < -0.39 is 52.3 Å². The third kappa shape index (κ3) is 8.95. The van der Waals surface area contributed by atoms with Crippen LogP contribution in [0.3, 0.4) is 0 Å². The van der Waals surface area contributed by atoms with Gasteiger partial charge in [0.15, 0.2) is 0 Å². The fourth-order valence-electron chi connectivity index (χ4n) is 2.99. The maximum Gasteiger partial charge on any atom is 0.570 e. The van der Waals surface area contributed by atoms with Crippen LogP contribution in [-0.2, 0) is 27.4 Å². The summed E-state index contributed by atoms with van der Waals surface area (Å²) in [6.07, 6.45) is 0.751. The summed E-state index contributed by atoms with van der Waals surface area (Å²) in [7, 11) is -8.62. The van der Waals surface area contributed by atoms with Crippen molar-refractivity contribution >= 4 is 16.0 Å². The summed E-state index contributed by atoms with van der Waals surface area (Å²) in [5, 5.41) is 0. The number of H-pyrrole nitrogens is 1. The van der Waals surface area contributed by atoms with Crippen LogP contribution in [0.5, 0.6) is 0 Å². The second-order valence-electron chi connectivity index (χ2n) is 7.62. The lowest BCUT2D eigenvalue weighted by Crippen LogP contribution is -2.33. The number of ether oxygens (including phenoxy) is 1. The van der Waals surface area contributed by atoms with Crippen molar-refractivity contribution in [3.63, 3.8) is 0 Å². The third-order valence-corrected chi connectivity index (χ3v) is 6.87. The number of phosphoric ester groups is 1. The monoisotopic (exact) mass is 515 g/mol. The van der Waals surface area contributed by atoms with Crippen LogP contribution >= 0.6 is 16.0 Å². The zero-order valence-electron chi connectivity index (χ0n) is 18.9. The Morgan fingerprint density at radius 2 is 1.88 bits per heavy atom. The van der Waals surface area contributed by atoms with Gasteiger partial charge >= 0.3 is 21.7 Å². The minimum Gasteiger partial charge on any atom is -0.349 e. The van der Waals surface area contributed by atoms with Crippen molar-refractivity contribution in [3.05, 3.63) is 32.6 Å². The Hall–Kier alpha value is -0.980. The van der Waals surface area contributed by atoms with Crippen LogP contribution in [0.25, 0.3) is 0 Å². The maximum atomic E-state index is 12.4. The molecule has 1 saturated heterocycles. The van der Waals surface area contributed by atoms with Crippen LogP contribution in [0.1, 0.15) is 57.7 Å². The van der Waals surface area contributed by atoms with E-state index in [9.17, 15) is 28.8 Å². The van der Waals surface area contributed by atoms with E-state index in [-0.39, 0.29) is 25.2 Å². The zero-order valence-corrected chi connectivity index (χ0v) is 20.7. The lowest BCUT2D eigenvalue weighted by molar-refractivity contribution is -0.0500. The summed E-state index contributed by atoms with van der Waals surface area (Å²) >= 11 is 0. The van der Waals surface area contributed by atoms with Crippen LogP contribution in [-0.4, -0.2) is 56.3 Å². The Morgan fingerprint density at radius 1 is 1.21 bits per heavy atom. The van der Waals surface area contributed by atoms with Crippen molar-refractivity contribution in [2.75, 3.05) is 19.8 Å². The predicted molar refractivity (Wildman–Crippen MR) is 118 cm³/mol. The van der Waals surface area contributed by atoms with E-state index in [1.54, 1.807) is 0 Å². The SMILES string of the molecule is CCCCOP(=O)(O)O[C@H]1CC(n2cc(C)c(=O)[nH]c2=O)O[C@@H]1CO[P+](O)(O)OCCCC. The van der Waals surface area contributed by atoms with Crippen molar-refractivity contribution in [1.29, 1.82) is 0 Å². The van der Waals surface area contributed by atoms with Crippen LogP contribution in [0.15, 0.2) is 15.8 Å². The second-order valence-corrected chi connectivity index (χ2v) is 10.5. The number of hydrogen-bond acceptors (Lipinski definition) is 10. The molecule has 1 aromatic rings. The summed E-state index contributed by atoms with van der Waals surface area (Å²) in [6, 6.07) is 0. The average molecular weight is 515 g/mol. The van der Waals surface area contributed by atoms with Gasteiger partial charge in [0.2, 0.25) is 0 Å². The molecule has 190 valence electrons. The molecule has 0 aromatic carbocycles. The molecular formula is C18H33N2O11P2+. The Labute approximate surface area is 191 Å². The highest BCUT2D eigenvalue weighted by Crippen LogP contribution is 2.54. The van der Waals surface area contributed by atoms with E-state index in [4.69, 9.17) is 22.8 Å². The van der Waals surface area contributed by atoms with Crippen LogP contribution in [0.2, 0.25) is 0 Å². The summed E-state index contributed by atoms with van der Waals surface area (Å²) in [6.45, 7) is 4.93. The summed E-state index contributed by atoms with van der Waals surface area (Å²) in [5.74, 6) is 0. The van der Waals surface area contributed by atoms with Gasteiger partial charge in [0.1, 0.15) is 31.6 Å². The van der Waals surface area contributed by atoms with Gasteiger partial charge in [0, 0.05) is 18.2 Å². The van der Waals surface area contributed by atoms with Gasteiger partial charge in [-0.25, -0.2) is 9.36 Å². The van der Waals surface area contributed by atoms with Crippen molar-refractivity contribution in [2.24, 2.45) is 0 Å². The van der Waals surface area contributed by atoms with E-state index >= 15 is 0 Å². The Bertz CT molecular complexity index is 919. The van der Waals surface area contributed by atoms with Gasteiger partial charge in [-0.3, -0.25) is 23.4 Å². The molecule has 4 N–H and O–H groups in total. The molecule has 2 rings (SSSR count). The highest BCUT2D eigenvalue weighted by Gasteiger charge is 2.46. The molecule has 2 unspecified atom stereocenters. The molecule has 1 aromatic heterocycles. The largest absolute Gasteiger partial charge is 0.570 e. The standard InChI is InChI=1S/C18H32N2O11P2/c1-4-6-8-27-32(23,24)29-12-15-14(31-33(25,26)28-9-7-5-2)10-16(30-15)20-11-13(3)17(21)19-18(20)22/h11,14-16,23-24H,4-10,12H2,1-3H3,(H-,19,21,22,25,26)/p+1/t14-,15+,16?/m0/s1. The van der Waals surface area contributed by atoms with E-state index in [0.717, 1.165) is 17.4 Å². The number of aromatic nitrogens is 2. The minimum atomic E-state index is -4.47. The summed E-state index contributed by atoms with van der Waals surface area (Å²) < 4.78 is 39.5. The number of aromatic amines is 1. The van der Waals surface area contributed by atoms with Crippen molar-refractivity contribution < 1.29 is 42.1 Å². The highest BCUT2D eigenvalue weighted by molar-refractivity contribution is 7.54. The third-order valence-electron chi connectivity index (χ3n) is 4.82. The molecule has 1 aliphatic rings. The quantitative estimate of drug-likeness (QED) is 0.210. The Morgan fingerprint density at radius 3 is 2.55 bits per heavy atom. The number of hydrogen-bond donors (Lipinski definition) is 4. The number of nitrogens with one attached hydrogen (secondary N) is 1. The molecule has 15 heteroatoms. The van der Waals surface area contributed by atoms with Crippen LogP contribution in [0, 0.1) is 6.92 Å². The molecule has 0 amide bonds. The predicted octanol–water partition coefficient (Wildman–Crippen LogP) is 1.93. The fourth-order valence-corrected chi connectivity index (χ4v) is 4.76. The van der Waals surface area contributed by atoms with E-state index in [2.05, 4.69) is 4.98 Å². The molecule has 0 radical (unpaired) electrons. The summed E-state index contributed by atoms with van der Waals surface area (Å²) in [5.41, 5.74) is -1.03. The normalized spacial score (nSPS) is 23.0. The molecule has 1 aliphatic heterocycles. The summed E-state index contributed by atoms with van der Waals surface area (Å²) in [4.78, 5) is 56.1. The van der Waals surface area contributed by atoms with Crippen molar-refractivity contribution in [2.45, 2.75) is 71.3 Å². The molecule has 4 atom stereocenters. The first-order chi connectivity index (χ1) is 15.5. The molecule has 0 aliphatic carbocycles. The van der Waals surface area contributed by atoms with Crippen LogP contribution in [0.4, 0.5) is 0 Å². The average Bonchev–Trinajstić information content (AvgIpc) is 3.11. The fraction of sp³-hybridized carbons (Fsp3) is 0.778. The van der Waals surface area contributed by atoms with Gasteiger partial charge in [-0.2, -0.15) is 18.8 Å². The smallest absolute Gasteiger partial charge is 0.349 e. The molecule has 0 bridgehead atoms. The van der Waals surface area contributed by atoms with Gasteiger partial charge in [-0.15, -0.1) is 0 Å². The molecule has 0 spiro atoms. The zero-order chi connectivity index (χ0) is 24.6. The molecular weight excluding hydrogens is 482 g/mol. The molecule has 1 fully saturated rings. The first kappa shape index (κ1) is 28.3. The van der Waals surface area contributed by atoms with Crippen molar-refractivity contribution in [3.8, 4) is 0 Å². The molecule has 0 saturated carbocycles. The Kier molecular flexibility index (Phi) is 10.8. The van der Waals surface area contributed by atoms with Crippen molar-refractivity contribution in [1.82, 2.24) is 9.55 Å². The second kappa shape index (κ2) is 12.6. The number of rotatable bonds is 14. The van der Waals surface area contributed by atoms with Gasteiger partial charge in [-0.1, -0.05) is 26.7 Å². The molecule has 2 heterocycles. The molecule has 13 nitrogen and oxygen atoms in total. The minimum absolute atomic E-state index is 0.00815. The highest BCUT2D eigenvalue weighted by atomic mass is 31.2. The Balaban J connectivity index is 2.16.